The molecule has 4 heteroatoms. The Hall–Kier alpha value is -1.16. The van der Waals surface area contributed by atoms with Crippen LogP contribution in [0.15, 0.2) is 24.3 Å². The van der Waals surface area contributed by atoms with Gasteiger partial charge in [-0.15, -0.1) is 0 Å². The standard InChI is InChI=1S/C12H15F2NO/c1-15-7-3-6-11(15)12(13,14)9-4-2-5-10(16)8-9/h2,4-5,8,11,16H,3,6-7H2,1H3. The fourth-order valence-electron chi connectivity index (χ4n) is 2.27. The van der Waals surface area contributed by atoms with Gasteiger partial charge in [0.1, 0.15) is 5.75 Å². The zero-order valence-electron chi connectivity index (χ0n) is 9.16. The Morgan fingerprint density at radius 2 is 2.19 bits per heavy atom. The lowest BCUT2D eigenvalue weighted by Gasteiger charge is -2.29. The zero-order valence-corrected chi connectivity index (χ0v) is 9.16. The molecule has 0 amide bonds. The first-order valence-corrected chi connectivity index (χ1v) is 5.39. The number of phenols is 1. The van der Waals surface area contributed by atoms with Crippen molar-refractivity contribution in [3.8, 4) is 5.75 Å². The van der Waals surface area contributed by atoms with Crippen molar-refractivity contribution in [2.45, 2.75) is 24.8 Å². The van der Waals surface area contributed by atoms with Crippen LogP contribution in [0, 0.1) is 0 Å². The minimum Gasteiger partial charge on any atom is -0.508 e. The molecule has 2 nitrogen and oxygen atoms in total. The van der Waals surface area contributed by atoms with Crippen LogP contribution in [-0.4, -0.2) is 29.6 Å². The maximum absolute atomic E-state index is 14.1. The summed E-state index contributed by atoms with van der Waals surface area (Å²) in [6.45, 7) is 0.707. The van der Waals surface area contributed by atoms with E-state index in [2.05, 4.69) is 0 Å². The highest BCUT2D eigenvalue weighted by Crippen LogP contribution is 2.39. The Kier molecular flexibility index (Phi) is 2.84. The van der Waals surface area contributed by atoms with Gasteiger partial charge in [0.05, 0.1) is 6.04 Å². The number of likely N-dealkylation sites (N-methyl/N-ethyl adjacent to an activating group) is 1. The fourth-order valence-corrected chi connectivity index (χ4v) is 2.27. The molecule has 1 saturated heterocycles. The smallest absolute Gasteiger partial charge is 0.288 e. The van der Waals surface area contributed by atoms with Gasteiger partial charge in [0.25, 0.3) is 5.92 Å². The molecular formula is C12H15F2NO. The van der Waals surface area contributed by atoms with Crippen molar-refractivity contribution in [2.75, 3.05) is 13.6 Å². The molecular weight excluding hydrogens is 212 g/mol. The lowest BCUT2D eigenvalue weighted by Crippen LogP contribution is -2.39. The van der Waals surface area contributed by atoms with Crippen molar-refractivity contribution in [2.24, 2.45) is 0 Å². The number of nitrogens with zero attached hydrogens (tertiary/aromatic N) is 1. The summed E-state index contributed by atoms with van der Waals surface area (Å²) in [6, 6.07) is 4.61. The fraction of sp³-hybridized carbons (Fsp3) is 0.500. The number of halogens is 2. The van der Waals surface area contributed by atoms with E-state index in [-0.39, 0.29) is 11.3 Å². The van der Waals surface area contributed by atoms with Crippen LogP contribution >= 0.6 is 0 Å². The van der Waals surface area contributed by atoms with Gasteiger partial charge in [0.15, 0.2) is 0 Å². The van der Waals surface area contributed by atoms with Crippen LogP contribution in [0.1, 0.15) is 18.4 Å². The van der Waals surface area contributed by atoms with E-state index >= 15 is 0 Å². The molecule has 1 unspecified atom stereocenters. The first kappa shape index (κ1) is 11.3. The molecule has 1 heterocycles. The number of hydrogen-bond acceptors (Lipinski definition) is 2. The van der Waals surface area contributed by atoms with E-state index in [1.54, 1.807) is 11.9 Å². The molecule has 2 rings (SSSR count). The third-order valence-corrected chi connectivity index (χ3v) is 3.17. The van der Waals surface area contributed by atoms with Gasteiger partial charge in [-0.3, -0.25) is 4.90 Å². The van der Waals surface area contributed by atoms with Gasteiger partial charge < -0.3 is 5.11 Å². The van der Waals surface area contributed by atoms with Crippen LogP contribution in [-0.2, 0) is 5.92 Å². The second-order valence-corrected chi connectivity index (χ2v) is 4.31. The maximum Gasteiger partial charge on any atom is 0.288 e. The zero-order chi connectivity index (χ0) is 11.8. The second-order valence-electron chi connectivity index (χ2n) is 4.31. The van der Waals surface area contributed by atoms with E-state index < -0.39 is 12.0 Å². The van der Waals surface area contributed by atoms with E-state index in [1.165, 1.54) is 18.2 Å². The number of hydrogen-bond donors (Lipinski definition) is 1. The molecule has 1 atom stereocenters. The van der Waals surface area contributed by atoms with E-state index in [0.29, 0.717) is 13.0 Å². The van der Waals surface area contributed by atoms with Gasteiger partial charge in [0.2, 0.25) is 0 Å². The normalized spacial score (nSPS) is 22.6. The predicted octanol–water partition coefficient (Wildman–Crippen LogP) is 2.58. The Balaban J connectivity index is 2.30. The minimum atomic E-state index is -2.90. The number of likely N-dealkylation sites (tertiary alicyclic amines) is 1. The van der Waals surface area contributed by atoms with Crippen LogP contribution in [0.25, 0.3) is 0 Å². The van der Waals surface area contributed by atoms with Gasteiger partial charge in [-0.1, -0.05) is 12.1 Å². The summed E-state index contributed by atoms with van der Waals surface area (Å²) >= 11 is 0. The quantitative estimate of drug-likeness (QED) is 0.839. The van der Waals surface area contributed by atoms with Crippen molar-refractivity contribution in [3.05, 3.63) is 29.8 Å². The molecule has 88 valence electrons. The molecule has 1 aliphatic rings. The number of aromatic hydroxyl groups is 1. The lowest BCUT2D eigenvalue weighted by molar-refractivity contribution is -0.0697. The molecule has 0 bridgehead atoms. The van der Waals surface area contributed by atoms with Crippen LogP contribution < -0.4 is 0 Å². The van der Waals surface area contributed by atoms with Crippen LogP contribution in [0.5, 0.6) is 5.75 Å². The Bertz CT molecular complexity index is 381. The summed E-state index contributed by atoms with van der Waals surface area (Å²) in [4.78, 5) is 1.68. The summed E-state index contributed by atoms with van der Waals surface area (Å²) in [5.74, 6) is -3.01. The highest BCUT2D eigenvalue weighted by Gasteiger charge is 2.45. The summed E-state index contributed by atoms with van der Waals surface area (Å²) in [7, 11) is 1.72. The van der Waals surface area contributed by atoms with Crippen molar-refractivity contribution >= 4 is 0 Å². The number of rotatable bonds is 2. The predicted molar refractivity (Wildman–Crippen MR) is 57.7 cm³/mol. The van der Waals surface area contributed by atoms with Crippen molar-refractivity contribution in [1.82, 2.24) is 4.90 Å². The molecule has 1 N–H and O–H groups in total. The molecule has 1 aliphatic heterocycles. The minimum absolute atomic E-state index is 0.105. The first-order valence-electron chi connectivity index (χ1n) is 5.39. The Morgan fingerprint density at radius 1 is 1.44 bits per heavy atom. The highest BCUT2D eigenvalue weighted by molar-refractivity contribution is 5.31. The molecule has 0 saturated carbocycles. The van der Waals surface area contributed by atoms with Crippen molar-refractivity contribution in [3.63, 3.8) is 0 Å². The van der Waals surface area contributed by atoms with E-state index in [1.807, 2.05) is 0 Å². The molecule has 1 fully saturated rings. The third-order valence-electron chi connectivity index (χ3n) is 3.17. The molecule has 1 aromatic rings. The van der Waals surface area contributed by atoms with E-state index in [4.69, 9.17) is 0 Å². The largest absolute Gasteiger partial charge is 0.508 e. The summed E-state index contributed by atoms with van der Waals surface area (Å²) in [5.41, 5.74) is -0.105. The molecule has 0 aliphatic carbocycles. The first-order chi connectivity index (χ1) is 7.51. The Labute approximate surface area is 93.5 Å². The number of alkyl halides is 2. The van der Waals surface area contributed by atoms with Crippen LogP contribution in [0.2, 0.25) is 0 Å². The summed E-state index contributed by atoms with van der Waals surface area (Å²) < 4.78 is 28.3. The molecule has 16 heavy (non-hydrogen) atoms. The lowest BCUT2D eigenvalue weighted by atomic mass is 9.99. The van der Waals surface area contributed by atoms with Gasteiger partial charge >= 0.3 is 0 Å². The second kappa shape index (κ2) is 4.01. The maximum atomic E-state index is 14.1. The number of benzene rings is 1. The van der Waals surface area contributed by atoms with Crippen LogP contribution in [0.3, 0.4) is 0 Å². The molecule has 0 spiro atoms. The van der Waals surface area contributed by atoms with Gasteiger partial charge in [-0.05, 0) is 38.6 Å². The van der Waals surface area contributed by atoms with Crippen molar-refractivity contribution < 1.29 is 13.9 Å². The Morgan fingerprint density at radius 3 is 2.75 bits per heavy atom. The van der Waals surface area contributed by atoms with E-state index in [9.17, 15) is 13.9 Å². The average Bonchev–Trinajstić information content (AvgIpc) is 2.65. The van der Waals surface area contributed by atoms with E-state index in [0.717, 1.165) is 12.5 Å². The number of phenolic OH excluding ortho intramolecular Hbond substituents is 1. The highest BCUT2D eigenvalue weighted by atomic mass is 19.3. The van der Waals surface area contributed by atoms with Gasteiger partial charge in [0, 0.05) is 5.56 Å². The topological polar surface area (TPSA) is 23.5 Å². The van der Waals surface area contributed by atoms with Gasteiger partial charge in [-0.2, -0.15) is 8.78 Å². The summed E-state index contributed by atoms with van der Waals surface area (Å²) in [5, 5.41) is 9.24. The average molecular weight is 227 g/mol. The van der Waals surface area contributed by atoms with Gasteiger partial charge in [-0.25, -0.2) is 0 Å². The SMILES string of the molecule is CN1CCCC1C(F)(F)c1cccc(O)c1. The van der Waals surface area contributed by atoms with Crippen molar-refractivity contribution in [1.29, 1.82) is 0 Å². The molecule has 0 aromatic heterocycles. The molecule has 0 radical (unpaired) electrons. The van der Waals surface area contributed by atoms with Crippen LogP contribution in [0.4, 0.5) is 8.78 Å². The summed E-state index contributed by atoms with van der Waals surface area (Å²) in [6.07, 6.45) is 1.30. The molecule has 1 aromatic carbocycles. The third kappa shape index (κ3) is 1.89. The monoisotopic (exact) mass is 227 g/mol.